The quantitative estimate of drug-likeness (QED) is 0.500. The third kappa shape index (κ3) is 2.06. The van der Waals surface area contributed by atoms with Gasteiger partial charge < -0.3 is 0 Å². The second kappa shape index (κ2) is 3.50. The van der Waals surface area contributed by atoms with Gasteiger partial charge in [0.05, 0.1) is 6.57 Å². The van der Waals surface area contributed by atoms with Crippen molar-refractivity contribution >= 4 is 5.69 Å². The summed E-state index contributed by atoms with van der Waals surface area (Å²) in [5, 5.41) is 0. The van der Waals surface area contributed by atoms with E-state index in [1.807, 2.05) is 0 Å². The monoisotopic (exact) mass is 221 g/mol. The Balaban J connectivity index is 3.13. The van der Waals surface area contributed by atoms with Crippen LogP contribution in [0.4, 0.5) is 27.6 Å². The van der Waals surface area contributed by atoms with Crippen LogP contribution in [-0.2, 0) is 5.92 Å². The summed E-state index contributed by atoms with van der Waals surface area (Å²) in [4.78, 5) is 2.88. The van der Waals surface area contributed by atoms with Crippen LogP contribution in [0.25, 0.3) is 4.85 Å². The lowest BCUT2D eigenvalue weighted by molar-refractivity contribution is -0.289. The van der Waals surface area contributed by atoms with Crippen LogP contribution in [0.5, 0.6) is 0 Å². The van der Waals surface area contributed by atoms with Crippen molar-refractivity contribution in [3.63, 3.8) is 0 Å². The molecule has 1 aromatic carbocycles. The molecule has 0 aliphatic heterocycles. The largest absolute Gasteiger partial charge is 0.458 e. The van der Waals surface area contributed by atoms with Gasteiger partial charge in [0.1, 0.15) is 0 Å². The summed E-state index contributed by atoms with van der Waals surface area (Å²) >= 11 is 0. The summed E-state index contributed by atoms with van der Waals surface area (Å²) in [6.07, 6.45) is -5.62. The first kappa shape index (κ1) is 11.4. The number of hydrogen-bond donors (Lipinski definition) is 0. The molecule has 0 radical (unpaired) electrons. The molecule has 0 fully saturated rings. The van der Waals surface area contributed by atoms with Gasteiger partial charge in [0.2, 0.25) is 0 Å². The first-order valence-electron chi connectivity index (χ1n) is 3.71. The Morgan fingerprint density at radius 2 is 1.40 bits per heavy atom. The molecule has 15 heavy (non-hydrogen) atoms. The van der Waals surface area contributed by atoms with Gasteiger partial charge >= 0.3 is 12.1 Å². The van der Waals surface area contributed by atoms with Gasteiger partial charge in [0.25, 0.3) is 0 Å². The van der Waals surface area contributed by atoms with Crippen molar-refractivity contribution in [3.05, 3.63) is 41.2 Å². The number of benzene rings is 1. The average molecular weight is 221 g/mol. The first-order chi connectivity index (χ1) is 6.79. The zero-order valence-electron chi connectivity index (χ0n) is 7.15. The van der Waals surface area contributed by atoms with Gasteiger partial charge in [-0.1, -0.05) is 24.3 Å². The summed E-state index contributed by atoms with van der Waals surface area (Å²) in [6, 6.07) is 3.03. The van der Waals surface area contributed by atoms with E-state index in [-0.39, 0.29) is 5.69 Å². The van der Waals surface area contributed by atoms with Crippen molar-refractivity contribution in [2.45, 2.75) is 12.1 Å². The second-order valence-corrected chi connectivity index (χ2v) is 2.73. The molecule has 0 aliphatic carbocycles. The zero-order valence-corrected chi connectivity index (χ0v) is 7.15. The van der Waals surface area contributed by atoms with Crippen molar-refractivity contribution in [2.75, 3.05) is 0 Å². The standard InChI is InChI=1S/C9H4F5N/c1-15-7-4-2-6(3-5-7)8(10,11)9(12,13)14/h2-5H. The van der Waals surface area contributed by atoms with E-state index in [1.54, 1.807) is 0 Å². The van der Waals surface area contributed by atoms with Crippen molar-refractivity contribution in [1.29, 1.82) is 0 Å². The lowest BCUT2D eigenvalue weighted by Crippen LogP contribution is -2.33. The summed E-state index contributed by atoms with van der Waals surface area (Å²) in [6.45, 7) is 6.51. The summed E-state index contributed by atoms with van der Waals surface area (Å²) < 4.78 is 61.1. The van der Waals surface area contributed by atoms with Crippen LogP contribution in [0, 0.1) is 6.57 Å². The highest BCUT2D eigenvalue weighted by molar-refractivity contribution is 5.46. The van der Waals surface area contributed by atoms with Crippen LogP contribution in [0.1, 0.15) is 5.56 Å². The Morgan fingerprint density at radius 1 is 0.933 bits per heavy atom. The molecule has 0 saturated heterocycles. The van der Waals surface area contributed by atoms with Crippen molar-refractivity contribution < 1.29 is 22.0 Å². The summed E-state index contributed by atoms with van der Waals surface area (Å²) in [7, 11) is 0. The zero-order chi connectivity index (χ0) is 11.7. The molecule has 0 bridgehead atoms. The van der Waals surface area contributed by atoms with Crippen molar-refractivity contribution in [1.82, 2.24) is 0 Å². The normalized spacial score (nSPS) is 12.3. The van der Waals surface area contributed by atoms with Crippen LogP contribution < -0.4 is 0 Å². The second-order valence-electron chi connectivity index (χ2n) is 2.73. The summed E-state index contributed by atoms with van der Waals surface area (Å²) in [5.41, 5.74) is -1.15. The van der Waals surface area contributed by atoms with E-state index in [0.717, 1.165) is 12.1 Å². The Kier molecular flexibility index (Phi) is 2.67. The van der Waals surface area contributed by atoms with Crippen LogP contribution in [0.3, 0.4) is 0 Å². The maximum absolute atomic E-state index is 12.7. The molecule has 0 aliphatic rings. The molecule has 0 N–H and O–H groups in total. The van der Waals surface area contributed by atoms with Gasteiger partial charge in [-0.25, -0.2) is 4.85 Å². The predicted molar refractivity (Wildman–Crippen MR) is 42.7 cm³/mol. The average Bonchev–Trinajstić information content (AvgIpc) is 2.16. The minimum Gasteiger partial charge on any atom is -0.238 e. The molecule has 1 aromatic rings. The third-order valence-corrected chi connectivity index (χ3v) is 1.71. The fourth-order valence-corrected chi connectivity index (χ4v) is 0.909. The van der Waals surface area contributed by atoms with Crippen molar-refractivity contribution in [2.24, 2.45) is 0 Å². The third-order valence-electron chi connectivity index (χ3n) is 1.71. The molecule has 0 spiro atoms. The number of alkyl halides is 5. The lowest BCUT2D eigenvalue weighted by Gasteiger charge is -2.19. The Hall–Kier alpha value is -1.64. The van der Waals surface area contributed by atoms with Gasteiger partial charge in [0.15, 0.2) is 5.69 Å². The molecule has 1 nitrogen and oxygen atoms in total. The van der Waals surface area contributed by atoms with Crippen LogP contribution in [-0.4, -0.2) is 6.18 Å². The fraction of sp³-hybridized carbons (Fsp3) is 0.222. The van der Waals surface area contributed by atoms with E-state index in [2.05, 4.69) is 4.85 Å². The highest BCUT2D eigenvalue weighted by Gasteiger charge is 2.58. The molecule has 0 amide bonds. The van der Waals surface area contributed by atoms with Gasteiger partial charge in [-0.05, 0) is 0 Å². The van der Waals surface area contributed by atoms with Gasteiger partial charge in [-0.15, -0.1) is 0 Å². The number of halogens is 5. The number of nitrogens with zero attached hydrogens (tertiary/aromatic N) is 1. The molecular weight excluding hydrogens is 217 g/mol. The smallest absolute Gasteiger partial charge is 0.238 e. The van der Waals surface area contributed by atoms with Gasteiger partial charge in [0, 0.05) is 5.56 Å². The number of rotatable bonds is 1. The molecule has 6 heteroatoms. The molecule has 0 saturated carbocycles. The van der Waals surface area contributed by atoms with E-state index < -0.39 is 17.7 Å². The van der Waals surface area contributed by atoms with Gasteiger partial charge in [-0.2, -0.15) is 22.0 Å². The Labute approximate surface area is 82.0 Å². The highest BCUT2D eigenvalue weighted by Crippen LogP contribution is 2.43. The molecular formula is C9H4F5N. The van der Waals surface area contributed by atoms with Crippen molar-refractivity contribution in [3.8, 4) is 0 Å². The molecule has 80 valence electrons. The molecule has 0 aromatic heterocycles. The first-order valence-corrected chi connectivity index (χ1v) is 3.71. The van der Waals surface area contributed by atoms with E-state index in [9.17, 15) is 22.0 Å². The van der Waals surface area contributed by atoms with E-state index in [1.165, 1.54) is 0 Å². The van der Waals surface area contributed by atoms with E-state index in [4.69, 9.17) is 6.57 Å². The predicted octanol–water partition coefficient (Wildman–Crippen LogP) is 3.89. The Bertz CT molecular complexity index is 384. The SMILES string of the molecule is [C-]#[N+]c1ccc(C(F)(F)C(F)(F)F)cc1. The molecule has 0 heterocycles. The van der Waals surface area contributed by atoms with E-state index in [0.29, 0.717) is 12.1 Å². The minimum absolute atomic E-state index is 0.0109. The lowest BCUT2D eigenvalue weighted by atomic mass is 10.1. The number of hydrogen-bond acceptors (Lipinski definition) is 0. The maximum atomic E-state index is 12.7. The molecule has 0 atom stereocenters. The van der Waals surface area contributed by atoms with Crippen LogP contribution in [0.2, 0.25) is 0 Å². The topological polar surface area (TPSA) is 4.36 Å². The fourth-order valence-electron chi connectivity index (χ4n) is 0.909. The molecule has 0 unspecified atom stereocenters. The van der Waals surface area contributed by atoms with Gasteiger partial charge in [-0.3, -0.25) is 0 Å². The minimum atomic E-state index is -5.62. The van der Waals surface area contributed by atoms with E-state index >= 15 is 0 Å². The van der Waals surface area contributed by atoms with Crippen LogP contribution in [0.15, 0.2) is 24.3 Å². The molecule has 1 rings (SSSR count). The highest BCUT2D eigenvalue weighted by atomic mass is 19.4. The Morgan fingerprint density at radius 3 is 1.73 bits per heavy atom. The summed E-state index contributed by atoms with van der Waals surface area (Å²) in [5.74, 6) is -4.88. The van der Waals surface area contributed by atoms with Crippen LogP contribution >= 0.6 is 0 Å². The maximum Gasteiger partial charge on any atom is 0.458 e.